The summed E-state index contributed by atoms with van der Waals surface area (Å²) < 4.78 is 14.9. The average Bonchev–Trinajstić information content (AvgIpc) is 2.93. The standard InChI is InChI=1S/C25H25N11O6/c1-11(37)29-15-7-14-16(32-21(15)26-8-40-4)18-20(35-23(28-10-42-6)22(34-18)27-9-41-5)19-17(14)33-24(30-12(2)38)25(36-19)31-13(3)39/h7-10H,1-6H3,(H,29,37)(H,30,33,38)(H,31,36,39). The number of methoxy groups -OCH3 is 3. The zero-order valence-electron chi connectivity index (χ0n) is 23.3. The molecule has 1 aromatic carbocycles. The van der Waals surface area contributed by atoms with E-state index in [4.69, 9.17) is 14.2 Å². The molecule has 17 heteroatoms. The highest BCUT2D eigenvalue weighted by Crippen LogP contribution is 2.39. The van der Waals surface area contributed by atoms with Crippen LogP contribution in [0.4, 0.5) is 34.8 Å². The first-order valence-corrected chi connectivity index (χ1v) is 12.1. The van der Waals surface area contributed by atoms with Crippen LogP contribution in [-0.2, 0) is 28.6 Å². The third-order valence-corrected chi connectivity index (χ3v) is 5.20. The SMILES string of the molecule is COC=Nc1nc2c(cc1NC(C)=O)c1nc(NC(C)=O)c(NC(C)=O)nc1c1nc(N=COC)c(N=COC)nc21. The Balaban J connectivity index is 2.27. The van der Waals surface area contributed by atoms with E-state index in [1.54, 1.807) is 6.07 Å². The highest BCUT2D eigenvalue weighted by atomic mass is 16.5. The summed E-state index contributed by atoms with van der Waals surface area (Å²) in [6, 6.07) is 1.58. The largest absolute Gasteiger partial charge is 0.486 e. The van der Waals surface area contributed by atoms with Gasteiger partial charge < -0.3 is 30.2 Å². The maximum atomic E-state index is 12.0. The highest BCUT2D eigenvalue weighted by Gasteiger charge is 2.23. The van der Waals surface area contributed by atoms with Crippen molar-refractivity contribution < 1.29 is 28.6 Å². The van der Waals surface area contributed by atoms with E-state index in [1.807, 2.05) is 0 Å². The molecule has 0 spiro atoms. The van der Waals surface area contributed by atoms with Crippen LogP contribution in [0.25, 0.3) is 33.0 Å². The lowest BCUT2D eigenvalue weighted by Crippen LogP contribution is -2.15. The van der Waals surface area contributed by atoms with Gasteiger partial charge in [-0.15, -0.1) is 0 Å². The normalized spacial score (nSPS) is 11.6. The molecule has 4 aromatic rings. The van der Waals surface area contributed by atoms with Crippen LogP contribution in [0.5, 0.6) is 0 Å². The van der Waals surface area contributed by atoms with Gasteiger partial charge in [-0.2, -0.15) is 15.0 Å². The molecule has 0 aliphatic heterocycles. The van der Waals surface area contributed by atoms with Crippen molar-refractivity contribution in [3.63, 3.8) is 0 Å². The van der Waals surface area contributed by atoms with Gasteiger partial charge in [0.05, 0.1) is 27.0 Å². The van der Waals surface area contributed by atoms with Crippen molar-refractivity contribution in [3.8, 4) is 0 Å². The Morgan fingerprint density at radius 3 is 1.45 bits per heavy atom. The number of nitrogens with one attached hydrogen (secondary N) is 3. The molecule has 0 fully saturated rings. The van der Waals surface area contributed by atoms with Crippen molar-refractivity contribution in [1.29, 1.82) is 0 Å². The zero-order chi connectivity index (χ0) is 30.4. The summed E-state index contributed by atoms with van der Waals surface area (Å²) in [6.45, 7) is 3.89. The predicted molar refractivity (Wildman–Crippen MR) is 156 cm³/mol. The minimum atomic E-state index is -0.455. The first-order chi connectivity index (χ1) is 20.2. The number of benzene rings is 1. The van der Waals surface area contributed by atoms with Crippen molar-refractivity contribution >= 4 is 105 Å². The Morgan fingerprint density at radius 2 is 0.976 bits per heavy atom. The van der Waals surface area contributed by atoms with Gasteiger partial charge >= 0.3 is 0 Å². The van der Waals surface area contributed by atoms with Crippen LogP contribution < -0.4 is 16.0 Å². The van der Waals surface area contributed by atoms with Gasteiger partial charge in [0, 0.05) is 26.2 Å². The van der Waals surface area contributed by atoms with Gasteiger partial charge in [-0.3, -0.25) is 14.4 Å². The number of hydrogen-bond donors (Lipinski definition) is 3. The Morgan fingerprint density at radius 1 is 0.595 bits per heavy atom. The first-order valence-electron chi connectivity index (χ1n) is 12.1. The lowest BCUT2D eigenvalue weighted by atomic mass is 10.1. The number of fused-ring (bicyclic) bond motifs is 6. The fraction of sp³-hybridized carbons (Fsp3) is 0.240. The molecule has 0 bridgehead atoms. The van der Waals surface area contributed by atoms with Gasteiger partial charge in [0.2, 0.25) is 29.4 Å². The van der Waals surface area contributed by atoms with Gasteiger partial charge in [0.25, 0.3) is 0 Å². The summed E-state index contributed by atoms with van der Waals surface area (Å²) in [5.41, 5.74) is 1.23. The number of rotatable bonds is 9. The number of pyridine rings is 1. The molecule has 0 saturated carbocycles. The third-order valence-electron chi connectivity index (χ3n) is 5.20. The summed E-state index contributed by atoms with van der Waals surface area (Å²) >= 11 is 0. The molecular weight excluding hydrogens is 550 g/mol. The van der Waals surface area contributed by atoms with E-state index in [1.165, 1.54) is 42.1 Å². The monoisotopic (exact) mass is 575 g/mol. The Kier molecular flexibility index (Phi) is 8.69. The molecule has 0 radical (unpaired) electrons. The van der Waals surface area contributed by atoms with E-state index >= 15 is 0 Å². The second kappa shape index (κ2) is 12.5. The Labute approximate surface area is 237 Å². The van der Waals surface area contributed by atoms with Crippen molar-refractivity contribution in [2.75, 3.05) is 37.3 Å². The third kappa shape index (κ3) is 6.14. The van der Waals surface area contributed by atoms with E-state index in [2.05, 4.69) is 55.8 Å². The zero-order valence-corrected chi connectivity index (χ0v) is 23.3. The second-order valence-electron chi connectivity index (χ2n) is 8.40. The minimum absolute atomic E-state index is 0.0275. The lowest BCUT2D eigenvalue weighted by molar-refractivity contribution is -0.115. The molecule has 216 valence electrons. The van der Waals surface area contributed by atoms with E-state index < -0.39 is 11.8 Å². The van der Waals surface area contributed by atoms with E-state index in [0.29, 0.717) is 5.39 Å². The van der Waals surface area contributed by atoms with E-state index in [9.17, 15) is 14.4 Å². The number of hydrogen-bond acceptors (Lipinski definition) is 14. The maximum Gasteiger partial charge on any atom is 0.222 e. The van der Waals surface area contributed by atoms with E-state index in [-0.39, 0.29) is 68.3 Å². The van der Waals surface area contributed by atoms with E-state index in [0.717, 1.165) is 19.2 Å². The molecule has 0 atom stereocenters. The van der Waals surface area contributed by atoms with Crippen molar-refractivity contribution in [2.24, 2.45) is 15.0 Å². The number of ether oxygens (including phenoxy) is 3. The minimum Gasteiger partial charge on any atom is -0.486 e. The molecule has 4 rings (SSSR count). The molecule has 0 unspecified atom stereocenters. The molecular formula is C25H25N11O6. The maximum absolute atomic E-state index is 12.0. The Bertz CT molecular complexity index is 1800. The van der Waals surface area contributed by atoms with Crippen molar-refractivity contribution in [1.82, 2.24) is 24.9 Å². The van der Waals surface area contributed by atoms with Crippen LogP contribution in [0, 0.1) is 0 Å². The summed E-state index contributed by atoms with van der Waals surface area (Å²) in [6.07, 6.45) is 3.44. The highest BCUT2D eigenvalue weighted by molar-refractivity contribution is 6.22. The molecule has 0 aliphatic carbocycles. The van der Waals surface area contributed by atoms with Gasteiger partial charge in [-0.05, 0) is 6.07 Å². The van der Waals surface area contributed by atoms with Crippen LogP contribution in [0.3, 0.4) is 0 Å². The first kappa shape index (κ1) is 29.1. The quantitative estimate of drug-likeness (QED) is 0.150. The molecule has 17 nitrogen and oxygen atoms in total. The fourth-order valence-corrected chi connectivity index (χ4v) is 3.77. The molecule has 3 amide bonds. The summed E-state index contributed by atoms with van der Waals surface area (Å²) in [5.74, 6) is -1.17. The summed E-state index contributed by atoms with van der Waals surface area (Å²) in [7, 11) is 4.23. The number of anilines is 3. The molecule has 42 heavy (non-hydrogen) atoms. The molecule has 3 heterocycles. The van der Waals surface area contributed by atoms with Crippen LogP contribution in [0.1, 0.15) is 20.8 Å². The number of amides is 3. The predicted octanol–water partition coefficient (Wildman–Crippen LogP) is 2.92. The van der Waals surface area contributed by atoms with Crippen LogP contribution in [0.15, 0.2) is 21.0 Å². The number of aromatic nitrogens is 5. The number of nitrogens with zero attached hydrogens (tertiary/aromatic N) is 8. The molecule has 3 aromatic heterocycles. The molecule has 0 aliphatic rings. The second-order valence-corrected chi connectivity index (χ2v) is 8.40. The van der Waals surface area contributed by atoms with Gasteiger partial charge in [-0.25, -0.2) is 24.9 Å². The smallest absolute Gasteiger partial charge is 0.222 e. The van der Waals surface area contributed by atoms with Gasteiger partial charge in [-0.1, -0.05) is 0 Å². The number of aliphatic imine (C=N–C) groups is 3. The summed E-state index contributed by atoms with van der Waals surface area (Å²) in [4.78, 5) is 71.7. The van der Waals surface area contributed by atoms with Crippen LogP contribution in [-0.4, -0.2) is 83.2 Å². The lowest BCUT2D eigenvalue weighted by Gasteiger charge is -2.15. The van der Waals surface area contributed by atoms with Gasteiger partial charge in [0.1, 0.15) is 27.6 Å². The van der Waals surface area contributed by atoms with Crippen molar-refractivity contribution in [3.05, 3.63) is 6.07 Å². The fourth-order valence-electron chi connectivity index (χ4n) is 3.77. The van der Waals surface area contributed by atoms with Crippen LogP contribution in [0.2, 0.25) is 0 Å². The average molecular weight is 576 g/mol. The van der Waals surface area contributed by atoms with Crippen LogP contribution >= 0.6 is 0 Å². The summed E-state index contributed by atoms with van der Waals surface area (Å²) in [5, 5.41) is 8.19. The topological polar surface area (TPSA) is 217 Å². The number of carbonyl (C=O) groups excluding carboxylic acids is 3. The van der Waals surface area contributed by atoms with Crippen molar-refractivity contribution in [2.45, 2.75) is 20.8 Å². The molecule has 3 N–H and O–H groups in total. The number of carbonyl (C=O) groups is 3. The molecule has 0 saturated heterocycles. The Hall–Kier alpha value is -5.87. The van der Waals surface area contributed by atoms with Gasteiger partial charge in [0.15, 0.2) is 36.7 Å².